The molecule has 0 unspecified atom stereocenters. The number of ether oxygens (including phenoxy) is 1. The number of rotatable bonds is 10. The molecule has 0 amide bonds. The molecule has 0 atom stereocenters. The number of aryl methyl sites for hydroxylation is 1. The minimum absolute atomic E-state index is 0.495. The SMILES string of the molecule is Cc1nnc(CN=C(NCCCOCC2CC2)NCc2cccs2)n1C. The zero-order chi connectivity index (χ0) is 18.2. The van der Waals surface area contributed by atoms with Crippen LogP contribution in [0.1, 0.15) is 35.8 Å². The van der Waals surface area contributed by atoms with Crippen LogP contribution in [0.2, 0.25) is 0 Å². The normalized spacial score (nSPS) is 14.6. The van der Waals surface area contributed by atoms with Crippen LogP contribution in [0, 0.1) is 12.8 Å². The fourth-order valence-corrected chi connectivity index (χ4v) is 3.06. The van der Waals surface area contributed by atoms with Gasteiger partial charge in [-0.25, -0.2) is 4.99 Å². The lowest BCUT2D eigenvalue weighted by molar-refractivity contribution is 0.123. The van der Waals surface area contributed by atoms with E-state index < -0.39 is 0 Å². The van der Waals surface area contributed by atoms with E-state index in [4.69, 9.17) is 4.74 Å². The van der Waals surface area contributed by atoms with E-state index in [2.05, 4.69) is 43.3 Å². The van der Waals surface area contributed by atoms with Crippen molar-refractivity contribution < 1.29 is 4.74 Å². The fourth-order valence-electron chi connectivity index (χ4n) is 2.41. The Bertz CT molecular complexity index is 693. The highest BCUT2D eigenvalue weighted by atomic mass is 32.1. The van der Waals surface area contributed by atoms with Gasteiger partial charge in [-0.3, -0.25) is 0 Å². The summed E-state index contributed by atoms with van der Waals surface area (Å²) in [6, 6.07) is 4.18. The minimum Gasteiger partial charge on any atom is -0.381 e. The lowest BCUT2D eigenvalue weighted by Gasteiger charge is -2.12. The second-order valence-electron chi connectivity index (χ2n) is 6.62. The Kier molecular flexibility index (Phi) is 7.02. The third kappa shape index (κ3) is 6.10. The van der Waals surface area contributed by atoms with Crippen LogP contribution in [0.4, 0.5) is 0 Å². The number of thiophene rings is 1. The van der Waals surface area contributed by atoms with Gasteiger partial charge in [0, 0.05) is 31.7 Å². The van der Waals surface area contributed by atoms with Crippen LogP contribution in [0.3, 0.4) is 0 Å². The smallest absolute Gasteiger partial charge is 0.192 e. The first kappa shape index (κ1) is 18.8. The van der Waals surface area contributed by atoms with Crippen molar-refractivity contribution in [3.63, 3.8) is 0 Å². The molecule has 1 saturated carbocycles. The molecule has 0 aliphatic heterocycles. The van der Waals surface area contributed by atoms with E-state index in [0.29, 0.717) is 6.54 Å². The summed E-state index contributed by atoms with van der Waals surface area (Å²) < 4.78 is 7.65. The summed E-state index contributed by atoms with van der Waals surface area (Å²) >= 11 is 1.74. The fraction of sp³-hybridized carbons (Fsp3) is 0.611. The molecule has 0 radical (unpaired) electrons. The van der Waals surface area contributed by atoms with E-state index in [1.165, 1.54) is 17.7 Å². The van der Waals surface area contributed by atoms with Crippen LogP contribution in [-0.4, -0.2) is 40.5 Å². The van der Waals surface area contributed by atoms with Gasteiger partial charge in [-0.15, -0.1) is 21.5 Å². The van der Waals surface area contributed by atoms with Gasteiger partial charge >= 0.3 is 0 Å². The van der Waals surface area contributed by atoms with Gasteiger partial charge in [-0.1, -0.05) is 6.07 Å². The second-order valence-corrected chi connectivity index (χ2v) is 7.65. The second kappa shape index (κ2) is 9.68. The van der Waals surface area contributed by atoms with Crippen molar-refractivity contribution in [3.05, 3.63) is 34.0 Å². The van der Waals surface area contributed by atoms with Gasteiger partial charge < -0.3 is 19.9 Å². The van der Waals surface area contributed by atoms with E-state index in [1.54, 1.807) is 11.3 Å². The van der Waals surface area contributed by atoms with Crippen LogP contribution >= 0.6 is 11.3 Å². The number of hydrogen-bond acceptors (Lipinski definition) is 5. The molecule has 2 aromatic heterocycles. The third-order valence-corrected chi connectivity index (χ3v) is 5.26. The first-order valence-corrected chi connectivity index (χ1v) is 10.1. The summed E-state index contributed by atoms with van der Waals surface area (Å²) in [5.74, 6) is 3.36. The quantitative estimate of drug-likeness (QED) is 0.378. The van der Waals surface area contributed by atoms with Gasteiger partial charge in [-0.2, -0.15) is 0 Å². The number of hydrogen-bond donors (Lipinski definition) is 2. The van der Waals surface area contributed by atoms with Gasteiger partial charge in [0.1, 0.15) is 12.4 Å². The van der Waals surface area contributed by atoms with E-state index >= 15 is 0 Å². The van der Waals surface area contributed by atoms with E-state index in [-0.39, 0.29) is 0 Å². The maximum absolute atomic E-state index is 5.69. The predicted octanol–water partition coefficient (Wildman–Crippen LogP) is 2.24. The third-order valence-electron chi connectivity index (χ3n) is 4.38. The lowest BCUT2D eigenvalue weighted by atomic mass is 10.4. The van der Waals surface area contributed by atoms with Crippen LogP contribution in [0.15, 0.2) is 22.5 Å². The Morgan fingerprint density at radius 1 is 1.38 bits per heavy atom. The maximum atomic E-state index is 5.69. The van der Waals surface area contributed by atoms with Crippen molar-refractivity contribution in [1.82, 2.24) is 25.4 Å². The molecule has 0 bridgehead atoms. The van der Waals surface area contributed by atoms with E-state index in [1.807, 2.05) is 18.5 Å². The summed E-state index contributed by atoms with van der Waals surface area (Å²) in [6.07, 6.45) is 3.64. The van der Waals surface area contributed by atoms with Gasteiger partial charge in [0.05, 0.1) is 6.54 Å². The van der Waals surface area contributed by atoms with Crippen molar-refractivity contribution in [2.75, 3.05) is 19.8 Å². The standard InChI is InChI=1S/C18H28N6OS/c1-14-22-23-17(24(14)2)12-21-18(20-11-16-5-3-10-26-16)19-8-4-9-25-13-15-6-7-15/h3,5,10,15H,4,6-9,11-13H2,1-2H3,(H2,19,20,21). The first-order valence-electron chi connectivity index (χ1n) is 9.19. The number of aliphatic imine (C=N–C) groups is 1. The number of nitrogens with zero attached hydrogens (tertiary/aromatic N) is 4. The highest BCUT2D eigenvalue weighted by molar-refractivity contribution is 7.09. The Labute approximate surface area is 158 Å². The zero-order valence-electron chi connectivity index (χ0n) is 15.6. The molecule has 8 heteroatoms. The predicted molar refractivity (Wildman–Crippen MR) is 104 cm³/mol. The molecule has 3 rings (SSSR count). The van der Waals surface area contributed by atoms with E-state index in [0.717, 1.165) is 56.3 Å². The molecule has 26 heavy (non-hydrogen) atoms. The molecular formula is C18H28N6OS. The summed E-state index contributed by atoms with van der Waals surface area (Å²) in [5, 5.41) is 17.1. The molecule has 7 nitrogen and oxygen atoms in total. The molecule has 2 N–H and O–H groups in total. The van der Waals surface area contributed by atoms with Crippen molar-refractivity contribution >= 4 is 17.3 Å². The molecule has 0 saturated heterocycles. The maximum Gasteiger partial charge on any atom is 0.192 e. The van der Waals surface area contributed by atoms with Crippen LogP contribution < -0.4 is 10.6 Å². The molecule has 2 heterocycles. The molecule has 142 valence electrons. The van der Waals surface area contributed by atoms with Gasteiger partial charge in [-0.05, 0) is 43.6 Å². The highest BCUT2D eigenvalue weighted by Crippen LogP contribution is 2.28. The monoisotopic (exact) mass is 376 g/mol. The van der Waals surface area contributed by atoms with Crippen LogP contribution in [0.5, 0.6) is 0 Å². The Hall–Kier alpha value is -1.93. The van der Waals surface area contributed by atoms with E-state index in [9.17, 15) is 0 Å². The van der Waals surface area contributed by atoms with Gasteiger partial charge in [0.25, 0.3) is 0 Å². The lowest BCUT2D eigenvalue weighted by Crippen LogP contribution is -2.37. The molecule has 0 aromatic carbocycles. The van der Waals surface area contributed by atoms with Crippen molar-refractivity contribution in [1.29, 1.82) is 0 Å². The van der Waals surface area contributed by atoms with Gasteiger partial charge in [0.2, 0.25) is 0 Å². The summed E-state index contributed by atoms with van der Waals surface area (Å²) in [6.45, 7) is 5.75. The van der Waals surface area contributed by atoms with Crippen molar-refractivity contribution in [2.45, 2.75) is 39.3 Å². The summed E-state index contributed by atoms with van der Waals surface area (Å²) in [4.78, 5) is 5.94. The summed E-state index contributed by atoms with van der Waals surface area (Å²) in [5.41, 5.74) is 0. The summed E-state index contributed by atoms with van der Waals surface area (Å²) in [7, 11) is 1.96. The number of nitrogens with one attached hydrogen (secondary N) is 2. The molecule has 1 fully saturated rings. The van der Waals surface area contributed by atoms with Crippen molar-refractivity contribution in [2.24, 2.45) is 18.0 Å². The largest absolute Gasteiger partial charge is 0.381 e. The Morgan fingerprint density at radius 2 is 2.27 bits per heavy atom. The van der Waals surface area contributed by atoms with Crippen molar-refractivity contribution in [3.8, 4) is 0 Å². The highest BCUT2D eigenvalue weighted by Gasteiger charge is 2.20. The van der Waals surface area contributed by atoms with Crippen LogP contribution in [0.25, 0.3) is 0 Å². The number of aromatic nitrogens is 3. The molecular weight excluding hydrogens is 348 g/mol. The molecule has 0 spiro atoms. The Morgan fingerprint density at radius 3 is 2.96 bits per heavy atom. The number of guanidine groups is 1. The average Bonchev–Trinajstić information content (AvgIpc) is 3.22. The topological polar surface area (TPSA) is 76.4 Å². The molecule has 1 aliphatic rings. The molecule has 2 aromatic rings. The average molecular weight is 377 g/mol. The zero-order valence-corrected chi connectivity index (χ0v) is 16.4. The molecule has 1 aliphatic carbocycles. The van der Waals surface area contributed by atoms with Gasteiger partial charge in [0.15, 0.2) is 11.8 Å². The minimum atomic E-state index is 0.495. The van der Waals surface area contributed by atoms with Crippen LogP contribution in [-0.2, 0) is 24.9 Å². The Balaban J connectivity index is 1.46. The first-order chi connectivity index (χ1) is 12.7.